The smallest absolute Gasteiger partial charge is 0.250 e. The fraction of sp³-hybridized carbons (Fsp3) is 0.318. The summed E-state index contributed by atoms with van der Waals surface area (Å²) in [5.41, 5.74) is 2.40. The van der Waals surface area contributed by atoms with E-state index in [0.29, 0.717) is 24.5 Å². The Morgan fingerprint density at radius 2 is 1.86 bits per heavy atom. The summed E-state index contributed by atoms with van der Waals surface area (Å²) < 4.78 is 0. The van der Waals surface area contributed by atoms with E-state index in [9.17, 15) is 14.4 Å². The van der Waals surface area contributed by atoms with Crippen LogP contribution in [-0.2, 0) is 14.4 Å². The molecule has 2 aromatic rings. The van der Waals surface area contributed by atoms with E-state index >= 15 is 0 Å². The Morgan fingerprint density at radius 3 is 2.62 bits per heavy atom. The van der Waals surface area contributed by atoms with Gasteiger partial charge in [-0.1, -0.05) is 24.3 Å². The molecule has 0 bridgehead atoms. The lowest BCUT2D eigenvalue weighted by atomic mass is 10.2. The molecule has 0 radical (unpaired) electrons. The van der Waals surface area contributed by atoms with Crippen LogP contribution in [0.5, 0.6) is 0 Å². The number of rotatable bonds is 4. The Bertz CT molecular complexity index is 956. The van der Waals surface area contributed by atoms with Crippen LogP contribution in [0.25, 0.3) is 0 Å². The number of para-hydroxylation sites is 1. The zero-order valence-corrected chi connectivity index (χ0v) is 17.1. The summed E-state index contributed by atoms with van der Waals surface area (Å²) in [5, 5.41) is 2.01. The highest BCUT2D eigenvalue weighted by Gasteiger charge is 2.41. The van der Waals surface area contributed by atoms with Gasteiger partial charge in [-0.05, 0) is 49.6 Å². The second-order valence-corrected chi connectivity index (χ2v) is 8.49. The van der Waals surface area contributed by atoms with E-state index in [1.807, 2.05) is 55.5 Å². The van der Waals surface area contributed by atoms with Crippen LogP contribution in [-0.4, -0.2) is 47.5 Å². The topological polar surface area (TPSA) is 69.7 Å². The van der Waals surface area contributed by atoms with Crippen molar-refractivity contribution in [2.24, 2.45) is 0 Å². The predicted octanol–water partition coefficient (Wildman–Crippen LogP) is 3.06. The van der Waals surface area contributed by atoms with Gasteiger partial charge in [0.1, 0.15) is 6.54 Å². The average molecular weight is 410 g/mol. The van der Waals surface area contributed by atoms with E-state index in [1.165, 1.54) is 16.7 Å². The molecule has 2 aliphatic rings. The normalized spacial score (nSPS) is 18.5. The number of nitrogens with one attached hydrogen (secondary N) is 1. The van der Waals surface area contributed by atoms with Gasteiger partial charge in [0.25, 0.3) is 5.91 Å². The SMILES string of the molecule is Cc1cccc(NC(=O)CN2C(=O)C(C(=O)N3CCCC3)Sc3ccccc32)c1. The van der Waals surface area contributed by atoms with E-state index < -0.39 is 5.25 Å². The first-order valence-corrected chi connectivity index (χ1v) is 10.6. The molecule has 1 saturated heterocycles. The lowest BCUT2D eigenvalue weighted by Gasteiger charge is -2.34. The molecule has 29 heavy (non-hydrogen) atoms. The monoisotopic (exact) mass is 409 g/mol. The molecule has 0 aliphatic carbocycles. The molecular formula is C22H23N3O3S. The number of hydrogen-bond donors (Lipinski definition) is 1. The first-order valence-electron chi connectivity index (χ1n) is 9.75. The molecule has 1 atom stereocenters. The Labute approximate surface area is 174 Å². The van der Waals surface area contributed by atoms with Crippen molar-refractivity contribution in [1.29, 1.82) is 0 Å². The average Bonchev–Trinajstić information content (AvgIpc) is 3.24. The second-order valence-electron chi connectivity index (χ2n) is 7.34. The first kappa shape index (κ1) is 19.5. The van der Waals surface area contributed by atoms with Crippen molar-refractivity contribution in [3.63, 3.8) is 0 Å². The van der Waals surface area contributed by atoms with Crippen LogP contribution in [0.4, 0.5) is 11.4 Å². The van der Waals surface area contributed by atoms with Crippen molar-refractivity contribution in [2.75, 3.05) is 29.9 Å². The van der Waals surface area contributed by atoms with Crippen LogP contribution < -0.4 is 10.2 Å². The van der Waals surface area contributed by atoms with E-state index in [0.717, 1.165) is 23.3 Å². The molecular weight excluding hydrogens is 386 g/mol. The maximum Gasteiger partial charge on any atom is 0.250 e. The Hall–Kier alpha value is -2.80. The number of thioether (sulfide) groups is 1. The van der Waals surface area contributed by atoms with E-state index in [1.54, 1.807) is 4.90 Å². The molecule has 2 aromatic carbocycles. The minimum Gasteiger partial charge on any atom is -0.341 e. The maximum absolute atomic E-state index is 13.2. The number of anilines is 2. The molecule has 0 spiro atoms. The molecule has 6 nitrogen and oxygen atoms in total. The number of benzene rings is 2. The number of nitrogens with zero attached hydrogens (tertiary/aromatic N) is 2. The van der Waals surface area contributed by atoms with Gasteiger partial charge in [0.15, 0.2) is 5.25 Å². The van der Waals surface area contributed by atoms with E-state index in [-0.39, 0.29) is 24.3 Å². The number of carbonyl (C=O) groups is 3. The fourth-order valence-corrected chi connectivity index (χ4v) is 4.89. The largest absolute Gasteiger partial charge is 0.341 e. The van der Waals surface area contributed by atoms with Crippen molar-refractivity contribution in [3.05, 3.63) is 54.1 Å². The van der Waals surface area contributed by atoms with Crippen LogP contribution in [0.2, 0.25) is 0 Å². The summed E-state index contributed by atoms with van der Waals surface area (Å²) in [4.78, 5) is 42.9. The third kappa shape index (κ3) is 4.15. The Balaban J connectivity index is 1.56. The van der Waals surface area contributed by atoms with Gasteiger partial charge in [-0.2, -0.15) is 0 Å². The molecule has 1 fully saturated rings. The predicted molar refractivity (Wildman–Crippen MR) is 114 cm³/mol. The minimum atomic E-state index is -0.838. The molecule has 1 N–H and O–H groups in total. The van der Waals surface area contributed by atoms with Crippen LogP contribution >= 0.6 is 11.8 Å². The number of hydrogen-bond acceptors (Lipinski definition) is 4. The Morgan fingerprint density at radius 1 is 1.10 bits per heavy atom. The minimum absolute atomic E-state index is 0.131. The van der Waals surface area contributed by atoms with Gasteiger partial charge in [0.2, 0.25) is 11.8 Å². The molecule has 2 heterocycles. The molecule has 3 amide bonds. The lowest BCUT2D eigenvalue weighted by Crippen LogP contribution is -2.51. The van der Waals surface area contributed by atoms with E-state index in [2.05, 4.69) is 5.32 Å². The molecule has 2 aliphatic heterocycles. The third-order valence-electron chi connectivity index (χ3n) is 5.14. The number of likely N-dealkylation sites (tertiary alicyclic amines) is 1. The van der Waals surface area contributed by atoms with Crippen LogP contribution in [0.3, 0.4) is 0 Å². The van der Waals surface area contributed by atoms with Gasteiger partial charge >= 0.3 is 0 Å². The summed E-state index contributed by atoms with van der Waals surface area (Å²) in [6, 6.07) is 14.9. The summed E-state index contributed by atoms with van der Waals surface area (Å²) in [6.07, 6.45) is 1.94. The van der Waals surface area contributed by atoms with Gasteiger partial charge in [0, 0.05) is 23.7 Å². The van der Waals surface area contributed by atoms with E-state index in [4.69, 9.17) is 0 Å². The third-order valence-corrected chi connectivity index (χ3v) is 6.37. The zero-order valence-electron chi connectivity index (χ0n) is 16.3. The number of aryl methyl sites for hydroxylation is 1. The highest BCUT2D eigenvalue weighted by molar-refractivity contribution is 8.01. The summed E-state index contributed by atoms with van der Waals surface area (Å²) in [6.45, 7) is 3.21. The quantitative estimate of drug-likeness (QED) is 0.788. The maximum atomic E-state index is 13.2. The highest BCUT2D eigenvalue weighted by Crippen LogP contribution is 2.40. The van der Waals surface area contributed by atoms with Crippen molar-refractivity contribution in [1.82, 2.24) is 4.90 Å². The van der Waals surface area contributed by atoms with Crippen molar-refractivity contribution in [2.45, 2.75) is 29.9 Å². The van der Waals surface area contributed by atoms with Crippen LogP contribution in [0.1, 0.15) is 18.4 Å². The van der Waals surface area contributed by atoms with Gasteiger partial charge in [-0.25, -0.2) is 0 Å². The molecule has 4 rings (SSSR count). The number of amides is 3. The van der Waals surface area contributed by atoms with Gasteiger partial charge in [-0.15, -0.1) is 11.8 Å². The van der Waals surface area contributed by atoms with Crippen molar-refractivity contribution in [3.8, 4) is 0 Å². The van der Waals surface area contributed by atoms with Crippen molar-refractivity contribution >= 4 is 40.9 Å². The second kappa shape index (κ2) is 8.29. The molecule has 150 valence electrons. The number of fused-ring (bicyclic) bond motifs is 1. The fourth-order valence-electron chi connectivity index (χ4n) is 3.71. The van der Waals surface area contributed by atoms with Crippen molar-refractivity contribution < 1.29 is 14.4 Å². The van der Waals surface area contributed by atoms with Gasteiger partial charge < -0.3 is 15.1 Å². The van der Waals surface area contributed by atoms with Crippen LogP contribution in [0.15, 0.2) is 53.4 Å². The lowest BCUT2D eigenvalue weighted by molar-refractivity contribution is -0.134. The first-order chi connectivity index (χ1) is 14.0. The van der Waals surface area contributed by atoms with Crippen LogP contribution in [0, 0.1) is 6.92 Å². The van der Waals surface area contributed by atoms with Gasteiger partial charge in [-0.3, -0.25) is 14.4 Å². The molecule has 0 saturated carbocycles. The zero-order chi connectivity index (χ0) is 20.4. The molecule has 1 unspecified atom stereocenters. The standard InChI is InChI=1S/C22H23N3O3S/c1-15-7-6-8-16(13-15)23-19(26)14-25-17-9-2-3-10-18(17)29-20(22(25)28)21(27)24-11-4-5-12-24/h2-3,6-10,13,20H,4-5,11-12,14H2,1H3,(H,23,26). The Kier molecular flexibility index (Phi) is 5.58. The highest BCUT2D eigenvalue weighted by atomic mass is 32.2. The summed E-state index contributed by atoms with van der Waals surface area (Å²) in [7, 11) is 0. The molecule has 7 heteroatoms. The summed E-state index contributed by atoms with van der Waals surface area (Å²) >= 11 is 1.28. The number of carbonyl (C=O) groups excluding carboxylic acids is 3. The van der Waals surface area contributed by atoms with Gasteiger partial charge in [0.05, 0.1) is 5.69 Å². The summed E-state index contributed by atoms with van der Waals surface area (Å²) in [5.74, 6) is -0.779. The molecule has 0 aromatic heterocycles.